The van der Waals surface area contributed by atoms with Gasteiger partial charge in [0.05, 0.1) is 11.6 Å². The fourth-order valence-corrected chi connectivity index (χ4v) is 1.20. The molecule has 0 saturated carbocycles. The lowest BCUT2D eigenvalue weighted by Gasteiger charge is -2.26. The summed E-state index contributed by atoms with van der Waals surface area (Å²) in [5.74, 6) is 0. The summed E-state index contributed by atoms with van der Waals surface area (Å²) in [6, 6.07) is 0. The zero-order valence-electron chi connectivity index (χ0n) is 5.29. The monoisotopic (exact) mass is 145 g/mol. The van der Waals surface area contributed by atoms with Gasteiger partial charge in [0, 0.05) is 13.1 Å². The van der Waals surface area contributed by atoms with Crippen LogP contribution in [-0.4, -0.2) is 34.7 Å². The third-order valence-corrected chi connectivity index (χ3v) is 1.95. The standard InChI is InChI=1S/C6H11NOS/c8-6-1-3-7(5-9)4-2-6/h5-6,8H,1-4H2. The number of hydrogen-bond acceptors (Lipinski definition) is 2. The Kier molecular flexibility index (Phi) is 2.42. The Labute approximate surface area is 60.5 Å². The molecule has 2 nitrogen and oxygen atoms in total. The van der Waals surface area contributed by atoms with Gasteiger partial charge in [0.25, 0.3) is 0 Å². The first-order valence-electron chi connectivity index (χ1n) is 3.20. The molecule has 0 radical (unpaired) electrons. The summed E-state index contributed by atoms with van der Waals surface area (Å²) >= 11 is 4.73. The minimum absolute atomic E-state index is 0.0869. The zero-order valence-corrected chi connectivity index (χ0v) is 6.10. The first-order chi connectivity index (χ1) is 4.33. The highest BCUT2D eigenvalue weighted by molar-refractivity contribution is 7.78. The quantitative estimate of drug-likeness (QED) is 0.540. The SMILES string of the molecule is OC1CCN(C=S)CC1. The summed E-state index contributed by atoms with van der Waals surface area (Å²) in [5, 5.41) is 9.05. The molecule has 1 aliphatic heterocycles. The molecule has 1 saturated heterocycles. The number of aliphatic hydroxyl groups excluding tert-OH is 1. The van der Waals surface area contributed by atoms with Crippen LogP contribution in [0, 0.1) is 0 Å². The molecular formula is C6H11NOS. The number of rotatable bonds is 1. The van der Waals surface area contributed by atoms with Crippen LogP contribution in [0.25, 0.3) is 0 Å². The summed E-state index contributed by atoms with van der Waals surface area (Å²) in [6.07, 6.45) is 1.65. The van der Waals surface area contributed by atoms with E-state index in [1.165, 1.54) is 0 Å². The third kappa shape index (κ3) is 1.91. The van der Waals surface area contributed by atoms with Gasteiger partial charge in [-0.15, -0.1) is 0 Å². The molecule has 0 spiro atoms. The molecule has 0 aromatic carbocycles. The highest BCUT2D eigenvalue weighted by Crippen LogP contribution is 2.07. The van der Waals surface area contributed by atoms with Crippen LogP contribution in [0.4, 0.5) is 0 Å². The number of piperidine rings is 1. The van der Waals surface area contributed by atoms with Gasteiger partial charge in [0.15, 0.2) is 0 Å². The molecule has 1 rings (SSSR count). The average Bonchev–Trinajstić information content (AvgIpc) is 1.90. The lowest BCUT2D eigenvalue weighted by atomic mass is 10.1. The molecule has 1 heterocycles. The highest BCUT2D eigenvalue weighted by Gasteiger charge is 2.13. The number of nitrogens with zero attached hydrogens (tertiary/aromatic N) is 1. The van der Waals surface area contributed by atoms with E-state index in [4.69, 9.17) is 17.3 Å². The lowest BCUT2D eigenvalue weighted by molar-refractivity contribution is 0.111. The van der Waals surface area contributed by atoms with Gasteiger partial charge in [-0.05, 0) is 12.8 Å². The largest absolute Gasteiger partial charge is 0.393 e. The van der Waals surface area contributed by atoms with Crippen molar-refractivity contribution in [3.05, 3.63) is 0 Å². The minimum atomic E-state index is -0.0869. The Morgan fingerprint density at radius 1 is 1.44 bits per heavy atom. The predicted octanol–water partition coefficient (Wildman–Crippen LogP) is 0.400. The second-order valence-electron chi connectivity index (χ2n) is 2.37. The molecule has 0 aromatic heterocycles. The molecule has 3 heteroatoms. The predicted molar refractivity (Wildman–Crippen MR) is 40.5 cm³/mol. The Bertz CT molecular complexity index is 99.2. The average molecular weight is 145 g/mol. The number of thiocarbonyl (C=S) groups is 1. The van der Waals surface area contributed by atoms with Crippen LogP contribution in [-0.2, 0) is 0 Å². The van der Waals surface area contributed by atoms with E-state index in [0.717, 1.165) is 25.9 Å². The Morgan fingerprint density at radius 2 is 2.00 bits per heavy atom. The van der Waals surface area contributed by atoms with E-state index in [9.17, 15) is 0 Å². The summed E-state index contributed by atoms with van der Waals surface area (Å²) in [7, 11) is 0. The fourth-order valence-electron chi connectivity index (χ4n) is 0.991. The van der Waals surface area contributed by atoms with Gasteiger partial charge in [-0.25, -0.2) is 0 Å². The summed E-state index contributed by atoms with van der Waals surface area (Å²) < 4.78 is 0. The number of hydrogen-bond donors (Lipinski definition) is 1. The maximum absolute atomic E-state index is 9.05. The molecule has 1 aliphatic rings. The molecule has 9 heavy (non-hydrogen) atoms. The van der Waals surface area contributed by atoms with Gasteiger partial charge in [-0.2, -0.15) is 0 Å². The number of likely N-dealkylation sites (tertiary alicyclic amines) is 1. The van der Waals surface area contributed by atoms with Crippen molar-refractivity contribution < 1.29 is 5.11 Å². The molecule has 52 valence electrons. The molecule has 0 aliphatic carbocycles. The summed E-state index contributed by atoms with van der Waals surface area (Å²) in [4.78, 5) is 2.06. The second-order valence-corrected chi connectivity index (χ2v) is 2.58. The van der Waals surface area contributed by atoms with E-state index in [0.29, 0.717) is 0 Å². The molecule has 1 N–H and O–H groups in total. The third-order valence-electron chi connectivity index (χ3n) is 1.65. The topological polar surface area (TPSA) is 23.5 Å². The molecule has 0 aromatic rings. The van der Waals surface area contributed by atoms with Crippen LogP contribution < -0.4 is 0 Å². The van der Waals surface area contributed by atoms with Gasteiger partial charge >= 0.3 is 0 Å². The number of aliphatic hydroxyl groups is 1. The lowest BCUT2D eigenvalue weighted by Crippen LogP contribution is -2.34. The van der Waals surface area contributed by atoms with Gasteiger partial charge < -0.3 is 10.0 Å². The van der Waals surface area contributed by atoms with Crippen molar-refractivity contribution in [1.82, 2.24) is 4.90 Å². The van der Waals surface area contributed by atoms with Crippen molar-refractivity contribution in [2.45, 2.75) is 18.9 Å². The molecular weight excluding hydrogens is 134 g/mol. The molecule has 0 bridgehead atoms. The van der Waals surface area contributed by atoms with Crippen molar-refractivity contribution in [2.24, 2.45) is 0 Å². The maximum Gasteiger partial charge on any atom is 0.0640 e. The van der Waals surface area contributed by atoms with Crippen molar-refractivity contribution in [1.29, 1.82) is 0 Å². The van der Waals surface area contributed by atoms with Crippen molar-refractivity contribution >= 4 is 17.7 Å². The van der Waals surface area contributed by atoms with E-state index in [2.05, 4.69) is 4.90 Å². The van der Waals surface area contributed by atoms with Gasteiger partial charge in [0.1, 0.15) is 0 Å². The van der Waals surface area contributed by atoms with Crippen LogP contribution in [0.1, 0.15) is 12.8 Å². The zero-order chi connectivity index (χ0) is 6.69. The van der Waals surface area contributed by atoms with Crippen LogP contribution in [0.5, 0.6) is 0 Å². The Balaban J connectivity index is 2.26. The van der Waals surface area contributed by atoms with Crippen LogP contribution in [0.15, 0.2) is 0 Å². The van der Waals surface area contributed by atoms with Crippen molar-refractivity contribution in [3.8, 4) is 0 Å². The van der Waals surface area contributed by atoms with Crippen LogP contribution >= 0.6 is 12.2 Å². The first-order valence-corrected chi connectivity index (χ1v) is 3.67. The molecule has 1 fully saturated rings. The van der Waals surface area contributed by atoms with Crippen LogP contribution in [0.3, 0.4) is 0 Å². The van der Waals surface area contributed by atoms with E-state index in [1.54, 1.807) is 5.49 Å². The molecule has 0 atom stereocenters. The summed E-state index contributed by atoms with van der Waals surface area (Å²) in [5.41, 5.74) is 1.67. The van der Waals surface area contributed by atoms with Gasteiger partial charge in [0.2, 0.25) is 0 Å². The summed E-state index contributed by atoms with van der Waals surface area (Å²) in [6.45, 7) is 1.84. The second kappa shape index (κ2) is 3.13. The molecule has 0 amide bonds. The minimum Gasteiger partial charge on any atom is -0.393 e. The van der Waals surface area contributed by atoms with E-state index in [-0.39, 0.29) is 6.10 Å². The normalized spacial score (nSPS) is 22.1. The van der Waals surface area contributed by atoms with E-state index in [1.807, 2.05) is 0 Å². The Morgan fingerprint density at radius 3 is 2.44 bits per heavy atom. The van der Waals surface area contributed by atoms with Gasteiger partial charge in [-0.1, -0.05) is 12.2 Å². The fraction of sp³-hybridized carbons (Fsp3) is 0.833. The van der Waals surface area contributed by atoms with Crippen molar-refractivity contribution in [2.75, 3.05) is 13.1 Å². The molecule has 0 unspecified atom stereocenters. The van der Waals surface area contributed by atoms with E-state index < -0.39 is 0 Å². The van der Waals surface area contributed by atoms with E-state index >= 15 is 0 Å². The highest BCUT2D eigenvalue weighted by atomic mass is 32.1. The maximum atomic E-state index is 9.05. The Hall–Kier alpha value is -0.150. The van der Waals surface area contributed by atoms with Crippen molar-refractivity contribution in [3.63, 3.8) is 0 Å². The van der Waals surface area contributed by atoms with Gasteiger partial charge in [-0.3, -0.25) is 0 Å². The first kappa shape index (κ1) is 6.96. The van der Waals surface area contributed by atoms with Crippen LogP contribution in [0.2, 0.25) is 0 Å². The smallest absolute Gasteiger partial charge is 0.0640 e.